The Labute approximate surface area is 141 Å². The van der Waals surface area contributed by atoms with Crippen LogP contribution in [0, 0.1) is 0 Å². The largest absolute Gasteiger partial charge is 0.361 e. The first-order valence-electron chi connectivity index (χ1n) is 7.24. The van der Waals surface area contributed by atoms with E-state index >= 15 is 0 Å². The molecule has 1 aromatic heterocycles. The fourth-order valence-electron chi connectivity index (χ4n) is 2.28. The van der Waals surface area contributed by atoms with Gasteiger partial charge in [-0.25, -0.2) is 0 Å². The lowest BCUT2D eigenvalue weighted by Gasteiger charge is -2.02. The van der Waals surface area contributed by atoms with E-state index in [1.54, 1.807) is 11.8 Å². The number of aromatic nitrogens is 1. The maximum absolute atomic E-state index is 5.76. The van der Waals surface area contributed by atoms with Crippen molar-refractivity contribution in [2.75, 3.05) is 6.26 Å². The van der Waals surface area contributed by atoms with Crippen LogP contribution in [-0.4, -0.2) is 17.3 Å². The fourth-order valence-corrected chi connectivity index (χ4v) is 3.20. The van der Waals surface area contributed by atoms with Crippen LogP contribution in [-0.2, 0) is 6.42 Å². The van der Waals surface area contributed by atoms with Crippen molar-refractivity contribution < 1.29 is 0 Å². The third-order valence-electron chi connectivity index (χ3n) is 3.30. The number of benzene rings is 2. The van der Waals surface area contributed by atoms with E-state index in [1.807, 2.05) is 37.4 Å². The van der Waals surface area contributed by atoms with Gasteiger partial charge in [-0.2, -0.15) is 0 Å². The van der Waals surface area contributed by atoms with Gasteiger partial charge in [-0.05, 0) is 43.4 Å². The summed E-state index contributed by atoms with van der Waals surface area (Å²) in [5.41, 5.74) is 8.26. The van der Waals surface area contributed by atoms with Gasteiger partial charge in [0.2, 0.25) is 0 Å². The monoisotopic (exact) mass is 330 g/mol. The van der Waals surface area contributed by atoms with Gasteiger partial charge in [0.15, 0.2) is 0 Å². The number of para-hydroxylation sites is 1. The van der Waals surface area contributed by atoms with Gasteiger partial charge in [-0.15, -0.1) is 24.4 Å². The highest BCUT2D eigenvalue weighted by molar-refractivity contribution is 7.99. The summed E-state index contributed by atoms with van der Waals surface area (Å²) in [6, 6.07) is 16.6. The summed E-state index contributed by atoms with van der Waals surface area (Å²) < 4.78 is 0. The van der Waals surface area contributed by atoms with Crippen molar-refractivity contribution in [2.24, 2.45) is 5.73 Å². The van der Waals surface area contributed by atoms with E-state index in [0.717, 1.165) is 11.3 Å². The molecule has 2 nitrogen and oxygen atoms in total. The molecule has 1 unspecified atom stereocenters. The summed E-state index contributed by atoms with van der Waals surface area (Å²) in [7, 11) is 0. The molecule has 3 N–H and O–H groups in total. The van der Waals surface area contributed by atoms with Crippen LogP contribution in [0.25, 0.3) is 10.9 Å². The molecule has 0 saturated heterocycles. The summed E-state index contributed by atoms with van der Waals surface area (Å²) in [5, 5.41) is 1.29. The summed E-state index contributed by atoms with van der Waals surface area (Å²) in [6.07, 6.45) is 5.03. The average molecular weight is 331 g/mol. The van der Waals surface area contributed by atoms with Gasteiger partial charge >= 0.3 is 0 Å². The molecule has 0 amide bonds. The van der Waals surface area contributed by atoms with Crippen LogP contribution >= 0.6 is 24.4 Å². The van der Waals surface area contributed by atoms with Gasteiger partial charge in [0.25, 0.3) is 0 Å². The molecule has 4 heteroatoms. The molecule has 0 bridgehead atoms. The Kier molecular flexibility index (Phi) is 6.43. The lowest BCUT2D eigenvalue weighted by Crippen LogP contribution is -2.17. The lowest BCUT2D eigenvalue weighted by molar-refractivity contribution is 0.741. The average Bonchev–Trinajstić information content (AvgIpc) is 2.91. The molecule has 0 radical (unpaired) electrons. The number of rotatable bonds is 3. The molecule has 0 spiro atoms. The van der Waals surface area contributed by atoms with Gasteiger partial charge in [0.1, 0.15) is 0 Å². The van der Waals surface area contributed by atoms with Crippen molar-refractivity contribution >= 4 is 35.3 Å². The highest BCUT2D eigenvalue weighted by Gasteiger charge is 2.04. The highest BCUT2D eigenvalue weighted by atomic mass is 32.2. The number of aromatic amines is 1. The topological polar surface area (TPSA) is 41.8 Å². The first-order valence-corrected chi connectivity index (χ1v) is 8.91. The van der Waals surface area contributed by atoms with Gasteiger partial charge in [0, 0.05) is 32.9 Å². The standard InChI is InChI=1S/C11H14N2.C7H8S2/c1-8(12)6-9-7-13-11-5-3-2-4-10(9)11;1-9-7-5-3-2-4-6(7)8/h2-5,7-8,13H,6,12H2,1H3;2-5,8H,1H3. The molecule has 0 aliphatic carbocycles. The Balaban J connectivity index is 0.000000172. The van der Waals surface area contributed by atoms with E-state index in [2.05, 4.69) is 48.1 Å². The zero-order valence-corrected chi connectivity index (χ0v) is 14.6. The van der Waals surface area contributed by atoms with Crippen molar-refractivity contribution in [3.8, 4) is 0 Å². The molecular formula is C18H22N2S2. The van der Waals surface area contributed by atoms with Crippen LogP contribution in [0.4, 0.5) is 0 Å². The molecule has 3 rings (SSSR count). The minimum atomic E-state index is 0.221. The molecule has 22 heavy (non-hydrogen) atoms. The molecule has 0 aliphatic rings. The minimum absolute atomic E-state index is 0.221. The molecule has 1 atom stereocenters. The predicted molar refractivity (Wildman–Crippen MR) is 101 cm³/mol. The number of thioether (sulfide) groups is 1. The predicted octanol–water partition coefficient (Wildman–Crippen LogP) is 4.75. The fraction of sp³-hybridized carbons (Fsp3) is 0.222. The number of hydrogen-bond acceptors (Lipinski definition) is 3. The quantitative estimate of drug-likeness (QED) is 0.479. The maximum Gasteiger partial charge on any atom is 0.0456 e. The number of nitrogens with one attached hydrogen (secondary N) is 1. The smallest absolute Gasteiger partial charge is 0.0456 e. The first kappa shape index (κ1) is 17.0. The second-order valence-corrected chi connectivity index (χ2v) is 6.54. The Morgan fingerprint density at radius 3 is 2.45 bits per heavy atom. The summed E-state index contributed by atoms with van der Waals surface area (Å²) in [4.78, 5) is 5.54. The van der Waals surface area contributed by atoms with Crippen molar-refractivity contribution in [2.45, 2.75) is 29.2 Å². The van der Waals surface area contributed by atoms with Crippen LogP contribution in [0.5, 0.6) is 0 Å². The number of nitrogens with two attached hydrogens (primary N) is 1. The Hall–Kier alpha value is -1.36. The van der Waals surface area contributed by atoms with Gasteiger partial charge in [0.05, 0.1) is 0 Å². The van der Waals surface area contributed by atoms with Crippen LogP contribution < -0.4 is 5.73 Å². The molecule has 1 heterocycles. The zero-order chi connectivity index (χ0) is 15.9. The summed E-state index contributed by atoms with van der Waals surface area (Å²) in [5.74, 6) is 0. The number of thiol groups is 1. The Morgan fingerprint density at radius 1 is 1.14 bits per heavy atom. The maximum atomic E-state index is 5.76. The van der Waals surface area contributed by atoms with Crippen molar-refractivity contribution in [3.63, 3.8) is 0 Å². The zero-order valence-electron chi connectivity index (χ0n) is 12.9. The minimum Gasteiger partial charge on any atom is -0.361 e. The van der Waals surface area contributed by atoms with Crippen LogP contribution in [0.15, 0.2) is 64.5 Å². The summed E-state index contributed by atoms with van der Waals surface area (Å²) >= 11 is 5.98. The van der Waals surface area contributed by atoms with E-state index in [4.69, 9.17) is 5.73 Å². The van der Waals surface area contributed by atoms with Crippen molar-refractivity contribution in [1.29, 1.82) is 0 Å². The van der Waals surface area contributed by atoms with E-state index in [1.165, 1.54) is 21.4 Å². The highest BCUT2D eigenvalue weighted by Crippen LogP contribution is 2.22. The van der Waals surface area contributed by atoms with Gasteiger partial charge in [-0.3, -0.25) is 0 Å². The van der Waals surface area contributed by atoms with E-state index in [0.29, 0.717) is 0 Å². The van der Waals surface area contributed by atoms with E-state index in [9.17, 15) is 0 Å². The third-order valence-corrected chi connectivity index (χ3v) is 4.64. The summed E-state index contributed by atoms with van der Waals surface area (Å²) in [6.45, 7) is 2.03. The molecular weight excluding hydrogens is 308 g/mol. The molecule has 0 fully saturated rings. The molecule has 3 aromatic rings. The second kappa shape index (κ2) is 8.32. The van der Waals surface area contributed by atoms with Crippen LogP contribution in [0.3, 0.4) is 0 Å². The number of hydrogen-bond donors (Lipinski definition) is 3. The van der Waals surface area contributed by atoms with E-state index in [-0.39, 0.29) is 6.04 Å². The Morgan fingerprint density at radius 2 is 1.82 bits per heavy atom. The Bertz CT molecular complexity index is 720. The molecule has 116 valence electrons. The van der Waals surface area contributed by atoms with Gasteiger partial charge < -0.3 is 10.7 Å². The van der Waals surface area contributed by atoms with Gasteiger partial charge in [-0.1, -0.05) is 30.3 Å². The van der Waals surface area contributed by atoms with Crippen molar-refractivity contribution in [1.82, 2.24) is 4.98 Å². The van der Waals surface area contributed by atoms with Crippen LogP contribution in [0.2, 0.25) is 0 Å². The lowest BCUT2D eigenvalue weighted by atomic mass is 10.1. The van der Waals surface area contributed by atoms with E-state index < -0.39 is 0 Å². The molecule has 0 saturated carbocycles. The van der Waals surface area contributed by atoms with Crippen molar-refractivity contribution in [3.05, 3.63) is 60.3 Å². The molecule has 2 aromatic carbocycles. The third kappa shape index (κ3) is 4.57. The number of fused-ring (bicyclic) bond motifs is 1. The second-order valence-electron chi connectivity index (χ2n) is 5.21. The van der Waals surface area contributed by atoms with Crippen LogP contribution in [0.1, 0.15) is 12.5 Å². The normalized spacial score (nSPS) is 11.8. The number of H-pyrrole nitrogens is 1. The molecule has 0 aliphatic heterocycles. The SMILES string of the molecule is CC(N)Cc1c[nH]c2ccccc12.CSc1ccccc1S. The first-order chi connectivity index (χ1) is 10.6.